The van der Waals surface area contributed by atoms with E-state index in [1.807, 2.05) is 0 Å². The molecule has 1 aliphatic rings. The fourth-order valence-electron chi connectivity index (χ4n) is 1.46. The van der Waals surface area contributed by atoms with Gasteiger partial charge in [0.15, 0.2) is 23.3 Å². The van der Waals surface area contributed by atoms with Crippen LogP contribution in [0.4, 0.5) is 17.6 Å². The molecule has 1 nitrogen and oxygen atoms in total. The number of hydrogen-bond donors (Lipinski definition) is 1. The van der Waals surface area contributed by atoms with Gasteiger partial charge in [-0.3, -0.25) is 0 Å². The van der Waals surface area contributed by atoms with E-state index in [0.29, 0.717) is 6.42 Å². The molecule has 0 amide bonds. The molecule has 2 rings (SSSR count). The second-order valence-electron chi connectivity index (χ2n) is 3.39. The summed E-state index contributed by atoms with van der Waals surface area (Å²) in [4.78, 5) is 0. The summed E-state index contributed by atoms with van der Waals surface area (Å²) < 4.78 is 51.6. The predicted octanol–water partition coefficient (Wildman–Crippen LogP) is 2.06. The summed E-state index contributed by atoms with van der Waals surface area (Å²) in [6.07, 6.45) is 0.358. The molecule has 0 spiro atoms. The first-order valence-electron chi connectivity index (χ1n) is 4.11. The highest BCUT2D eigenvalue weighted by Crippen LogP contribution is 2.42. The van der Waals surface area contributed by atoms with E-state index >= 15 is 0 Å². The molecule has 0 aliphatic heterocycles. The molecular weight excluding hydrogens is 198 g/mol. The minimum Gasteiger partial charge on any atom is -0.327 e. The van der Waals surface area contributed by atoms with Gasteiger partial charge < -0.3 is 5.73 Å². The van der Waals surface area contributed by atoms with E-state index in [9.17, 15) is 17.6 Å². The van der Waals surface area contributed by atoms with Crippen LogP contribution in [-0.4, -0.2) is 6.04 Å². The van der Waals surface area contributed by atoms with Crippen LogP contribution < -0.4 is 5.73 Å². The predicted molar refractivity (Wildman–Crippen MR) is 41.6 cm³/mol. The number of rotatable bonds is 1. The van der Waals surface area contributed by atoms with Crippen LogP contribution in [0, 0.1) is 23.3 Å². The van der Waals surface area contributed by atoms with Gasteiger partial charge in [-0.15, -0.1) is 0 Å². The summed E-state index contributed by atoms with van der Waals surface area (Å²) in [5.41, 5.74) is 4.80. The van der Waals surface area contributed by atoms with Crippen molar-refractivity contribution in [1.29, 1.82) is 0 Å². The van der Waals surface area contributed by atoms with Crippen LogP contribution in [0.2, 0.25) is 0 Å². The molecule has 0 radical (unpaired) electrons. The highest BCUT2D eigenvalue weighted by Gasteiger charge is 2.40. The van der Waals surface area contributed by atoms with Gasteiger partial charge in [0.25, 0.3) is 0 Å². The van der Waals surface area contributed by atoms with Crippen LogP contribution in [0.25, 0.3) is 0 Å². The third-order valence-corrected chi connectivity index (χ3v) is 2.36. The van der Waals surface area contributed by atoms with E-state index in [0.717, 1.165) is 0 Å². The molecule has 2 N–H and O–H groups in total. The molecule has 5 heteroatoms. The van der Waals surface area contributed by atoms with E-state index < -0.39 is 40.8 Å². The average Bonchev–Trinajstić information content (AvgIpc) is 2.80. The van der Waals surface area contributed by atoms with Crippen molar-refractivity contribution in [3.05, 3.63) is 34.9 Å². The Bertz CT molecular complexity index is 365. The van der Waals surface area contributed by atoms with Gasteiger partial charge in [0.1, 0.15) is 0 Å². The molecule has 1 aliphatic carbocycles. The second-order valence-corrected chi connectivity index (χ2v) is 3.39. The third kappa shape index (κ3) is 1.28. The molecule has 2 unspecified atom stereocenters. The zero-order valence-electron chi connectivity index (χ0n) is 7.03. The topological polar surface area (TPSA) is 26.0 Å². The van der Waals surface area contributed by atoms with Crippen molar-refractivity contribution in [2.75, 3.05) is 0 Å². The Morgan fingerprint density at radius 1 is 1.07 bits per heavy atom. The van der Waals surface area contributed by atoms with Gasteiger partial charge in [0.05, 0.1) is 0 Å². The maximum atomic E-state index is 13.1. The Labute approximate surface area is 77.5 Å². The van der Waals surface area contributed by atoms with Crippen molar-refractivity contribution in [2.24, 2.45) is 5.73 Å². The summed E-state index contributed by atoms with van der Waals surface area (Å²) >= 11 is 0. The third-order valence-electron chi connectivity index (χ3n) is 2.36. The van der Waals surface area contributed by atoms with E-state index in [1.54, 1.807) is 0 Å². The molecule has 1 aromatic carbocycles. The van der Waals surface area contributed by atoms with E-state index in [1.165, 1.54) is 0 Å². The summed E-state index contributed by atoms with van der Waals surface area (Å²) in [6.45, 7) is 0. The van der Waals surface area contributed by atoms with Crippen LogP contribution in [-0.2, 0) is 0 Å². The van der Waals surface area contributed by atoms with Crippen molar-refractivity contribution >= 4 is 0 Å². The van der Waals surface area contributed by atoms with Crippen LogP contribution in [0.1, 0.15) is 17.9 Å². The van der Waals surface area contributed by atoms with Crippen molar-refractivity contribution in [1.82, 2.24) is 0 Å². The Morgan fingerprint density at radius 3 is 1.86 bits per heavy atom. The van der Waals surface area contributed by atoms with Crippen molar-refractivity contribution in [3.8, 4) is 0 Å². The zero-order valence-corrected chi connectivity index (χ0v) is 7.03. The number of halogens is 4. The van der Waals surface area contributed by atoms with Crippen LogP contribution in [0.15, 0.2) is 6.07 Å². The lowest BCUT2D eigenvalue weighted by molar-refractivity contribution is 0.438. The van der Waals surface area contributed by atoms with Crippen LogP contribution in [0.3, 0.4) is 0 Å². The quantitative estimate of drug-likeness (QED) is 0.551. The van der Waals surface area contributed by atoms with Gasteiger partial charge in [0.2, 0.25) is 0 Å². The monoisotopic (exact) mass is 205 g/mol. The molecular formula is C9H7F4N. The number of hydrogen-bond acceptors (Lipinski definition) is 1. The Balaban J connectivity index is 2.56. The van der Waals surface area contributed by atoms with E-state index in [2.05, 4.69) is 0 Å². The van der Waals surface area contributed by atoms with E-state index in [-0.39, 0.29) is 6.07 Å². The minimum atomic E-state index is -1.38. The average molecular weight is 205 g/mol. The molecule has 0 heterocycles. The fourth-order valence-corrected chi connectivity index (χ4v) is 1.46. The standard InChI is InChI=1S/C9H7F4N/c10-4-2-5(11)9(13)7(8(4)12)3-1-6(3)14/h2-3,6H,1,14H2. The first-order chi connectivity index (χ1) is 6.52. The fraction of sp³-hybridized carbons (Fsp3) is 0.333. The van der Waals surface area contributed by atoms with Gasteiger partial charge in [-0.25, -0.2) is 17.6 Å². The van der Waals surface area contributed by atoms with Gasteiger partial charge in [-0.05, 0) is 6.42 Å². The Morgan fingerprint density at radius 2 is 1.50 bits per heavy atom. The summed E-state index contributed by atoms with van der Waals surface area (Å²) in [5.74, 6) is -6.01. The Kier molecular flexibility index (Phi) is 1.99. The molecule has 0 saturated heterocycles. The molecule has 1 fully saturated rings. The lowest BCUT2D eigenvalue weighted by atomic mass is 10.1. The largest absolute Gasteiger partial charge is 0.327 e. The zero-order chi connectivity index (χ0) is 10.5. The van der Waals surface area contributed by atoms with Crippen molar-refractivity contribution in [3.63, 3.8) is 0 Å². The molecule has 1 aromatic rings. The second kappa shape index (κ2) is 2.95. The molecule has 0 aromatic heterocycles. The molecule has 14 heavy (non-hydrogen) atoms. The lowest BCUT2D eigenvalue weighted by Crippen LogP contribution is -2.07. The highest BCUT2D eigenvalue weighted by atomic mass is 19.2. The van der Waals surface area contributed by atoms with Crippen molar-refractivity contribution < 1.29 is 17.6 Å². The van der Waals surface area contributed by atoms with Gasteiger partial charge in [-0.1, -0.05) is 0 Å². The smallest absolute Gasteiger partial charge is 0.165 e. The van der Waals surface area contributed by atoms with E-state index in [4.69, 9.17) is 5.73 Å². The summed E-state index contributed by atoms with van der Waals surface area (Å²) in [5, 5.41) is 0. The normalized spacial score (nSPS) is 25.2. The first-order valence-corrected chi connectivity index (χ1v) is 4.11. The number of benzene rings is 1. The SMILES string of the molecule is NC1CC1c1c(F)c(F)cc(F)c1F. The maximum Gasteiger partial charge on any atom is 0.165 e. The minimum absolute atomic E-state index is 0.196. The van der Waals surface area contributed by atoms with Crippen LogP contribution >= 0.6 is 0 Å². The molecule has 0 bridgehead atoms. The van der Waals surface area contributed by atoms with Gasteiger partial charge in [0, 0.05) is 23.6 Å². The van der Waals surface area contributed by atoms with Gasteiger partial charge >= 0.3 is 0 Å². The molecule has 76 valence electrons. The van der Waals surface area contributed by atoms with Crippen LogP contribution in [0.5, 0.6) is 0 Å². The maximum absolute atomic E-state index is 13.1. The summed E-state index contributed by atoms with van der Waals surface area (Å²) in [7, 11) is 0. The van der Waals surface area contributed by atoms with Crippen molar-refractivity contribution in [2.45, 2.75) is 18.4 Å². The Hall–Kier alpha value is -1.10. The first kappa shape index (κ1) is 9.45. The number of nitrogens with two attached hydrogens (primary N) is 1. The highest BCUT2D eigenvalue weighted by molar-refractivity contribution is 5.32. The molecule has 2 atom stereocenters. The lowest BCUT2D eigenvalue weighted by Gasteiger charge is -2.05. The molecule has 1 saturated carbocycles. The summed E-state index contributed by atoms with van der Waals surface area (Å²) in [6, 6.07) is -0.206. The van der Waals surface area contributed by atoms with Gasteiger partial charge in [-0.2, -0.15) is 0 Å².